The molecular weight excluding hydrogens is 429 g/mol. The largest absolute Gasteiger partial charge is 0.435 e. The van der Waals surface area contributed by atoms with Gasteiger partial charge in [0.1, 0.15) is 5.82 Å². The molecule has 0 amide bonds. The minimum absolute atomic E-state index is 0.157. The number of nitrogens with zero attached hydrogens (tertiary/aromatic N) is 3. The van der Waals surface area contributed by atoms with Gasteiger partial charge in [-0.15, -0.1) is 0 Å². The van der Waals surface area contributed by atoms with Crippen molar-refractivity contribution in [1.29, 1.82) is 0 Å². The van der Waals surface area contributed by atoms with Crippen molar-refractivity contribution in [2.24, 2.45) is 5.14 Å². The summed E-state index contributed by atoms with van der Waals surface area (Å²) in [6.07, 6.45) is 4.63. The molecule has 152 valence electrons. The van der Waals surface area contributed by atoms with Crippen molar-refractivity contribution in [2.45, 2.75) is 10.9 Å². The molecule has 3 rings (SSSR count). The highest BCUT2D eigenvalue weighted by atomic mass is 32.2. The zero-order valence-corrected chi connectivity index (χ0v) is 16.4. The van der Waals surface area contributed by atoms with Crippen LogP contribution >= 0.6 is 11.8 Å². The molecule has 0 unspecified atom stereocenters. The number of hydrogen-bond acceptors (Lipinski definition) is 7. The Morgan fingerprint density at radius 3 is 2.59 bits per heavy atom. The normalized spacial score (nSPS) is 11.5. The molecule has 29 heavy (non-hydrogen) atoms. The lowest BCUT2D eigenvalue weighted by molar-refractivity contribution is 0.396. The minimum atomic E-state index is -4.28. The number of ether oxygens (including phenoxy) is 1. The Labute approximate surface area is 168 Å². The Balaban J connectivity index is 2.03. The van der Waals surface area contributed by atoms with E-state index < -0.39 is 44.5 Å². The van der Waals surface area contributed by atoms with Crippen LogP contribution in [0.3, 0.4) is 0 Å². The van der Waals surface area contributed by atoms with Crippen LogP contribution in [0.4, 0.5) is 13.2 Å². The number of rotatable bonds is 6. The highest BCUT2D eigenvalue weighted by molar-refractivity contribution is 7.98. The summed E-state index contributed by atoms with van der Waals surface area (Å²) in [5, 5.41) is 5.25. The van der Waals surface area contributed by atoms with Crippen LogP contribution < -0.4 is 9.88 Å². The van der Waals surface area contributed by atoms with Gasteiger partial charge in [-0.3, -0.25) is 0 Å². The average Bonchev–Trinajstić information content (AvgIpc) is 2.69. The second kappa shape index (κ2) is 8.35. The first-order valence-electron chi connectivity index (χ1n) is 7.86. The molecule has 0 aliphatic heterocycles. The van der Waals surface area contributed by atoms with E-state index in [1.807, 2.05) is 0 Å². The van der Waals surface area contributed by atoms with Crippen LogP contribution in [0.1, 0.15) is 5.56 Å². The molecule has 2 heterocycles. The Bertz CT molecular complexity index is 1180. The van der Waals surface area contributed by atoms with E-state index >= 15 is 0 Å². The maximum absolute atomic E-state index is 14.4. The van der Waals surface area contributed by atoms with Crippen LogP contribution in [0.25, 0.3) is 11.3 Å². The number of aromatic nitrogens is 3. The summed E-state index contributed by atoms with van der Waals surface area (Å²) in [5.41, 5.74) is -0.280. The molecule has 2 N–H and O–H groups in total. The lowest BCUT2D eigenvalue weighted by Crippen LogP contribution is -2.17. The standard InChI is InChI=1S/C17H13F3N4O3S2/c1-28-17-23-6-4-12(24-17)9-3-2-5-22-16(9)27-13-7-11(18)10(8-29(21,25)26)14(19)15(13)20/h2-7H,8H2,1H3,(H2,21,25,26). The Kier molecular flexibility index (Phi) is 6.05. The molecule has 7 nitrogen and oxygen atoms in total. The summed E-state index contributed by atoms with van der Waals surface area (Å²) >= 11 is 1.30. The van der Waals surface area contributed by atoms with E-state index in [1.54, 1.807) is 24.5 Å². The van der Waals surface area contributed by atoms with Crippen molar-refractivity contribution in [3.05, 3.63) is 59.7 Å². The maximum atomic E-state index is 14.4. The van der Waals surface area contributed by atoms with Gasteiger partial charge in [-0.2, -0.15) is 4.39 Å². The Hall–Kier alpha value is -2.70. The van der Waals surface area contributed by atoms with Crippen molar-refractivity contribution in [3.8, 4) is 22.9 Å². The molecule has 0 aliphatic rings. The number of sulfonamides is 1. The van der Waals surface area contributed by atoms with Crippen molar-refractivity contribution in [1.82, 2.24) is 15.0 Å². The predicted octanol–water partition coefficient (Wildman–Crippen LogP) is 3.26. The van der Waals surface area contributed by atoms with Gasteiger partial charge in [0.25, 0.3) is 0 Å². The number of nitrogens with two attached hydrogens (primary N) is 1. The smallest absolute Gasteiger partial charge is 0.228 e. The van der Waals surface area contributed by atoms with Crippen LogP contribution in [0.5, 0.6) is 11.6 Å². The summed E-state index contributed by atoms with van der Waals surface area (Å²) < 4.78 is 70.3. The van der Waals surface area contributed by atoms with Gasteiger partial charge in [0.2, 0.25) is 21.7 Å². The molecule has 0 radical (unpaired) electrons. The fraction of sp³-hybridized carbons (Fsp3) is 0.118. The number of pyridine rings is 1. The van der Waals surface area contributed by atoms with Gasteiger partial charge in [-0.25, -0.2) is 37.3 Å². The molecule has 2 aromatic heterocycles. The lowest BCUT2D eigenvalue weighted by atomic mass is 10.2. The highest BCUT2D eigenvalue weighted by Crippen LogP contribution is 2.34. The third-order valence-electron chi connectivity index (χ3n) is 3.64. The van der Waals surface area contributed by atoms with E-state index in [1.165, 1.54) is 24.2 Å². The number of primary sulfonamides is 1. The zero-order chi connectivity index (χ0) is 21.2. The molecule has 1 aromatic carbocycles. The molecule has 0 atom stereocenters. The lowest BCUT2D eigenvalue weighted by Gasteiger charge is -2.12. The van der Waals surface area contributed by atoms with Gasteiger partial charge in [0, 0.05) is 24.0 Å². The summed E-state index contributed by atoms with van der Waals surface area (Å²) in [4.78, 5) is 12.3. The second-order valence-electron chi connectivity index (χ2n) is 5.66. The van der Waals surface area contributed by atoms with E-state index in [0.717, 1.165) is 0 Å². The molecule has 0 saturated heterocycles. The van der Waals surface area contributed by atoms with E-state index in [4.69, 9.17) is 9.88 Å². The molecule has 0 spiro atoms. The van der Waals surface area contributed by atoms with E-state index in [9.17, 15) is 21.6 Å². The Morgan fingerprint density at radius 2 is 1.90 bits per heavy atom. The van der Waals surface area contributed by atoms with Crippen molar-refractivity contribution in [2.75, 3.05) is 6.26 Å². The third kappa shape index (κ3) is 4.83. The monoisotopic (exact) mass is 442 g/mol. The van der Waals surface area contributed by atoms with E-state index in [2.05, 4.69) is 15.0 Å². The number of thioether (sulfide) groups is 1. The molecule has 12 heteroatoms. The van der Waals surface area contributed by atoms with Crippen molar-refractivity contribution < 1.29 is 26.3 Å². The first-order valence-corrected chi connectivity index (χ1v) is 10.8. The third-order valence-corrected chi connectivity index (χ3v) is 4.89. The van der Waals surface area contributed by atoms with Crippen LogP contribution in [0.2, 0.25) is 0 Å². The van der Waals surface area contributed by atoms with Crippen LogP contribution in [-0.4, -0.2) is 29.6 Å². The highest BCUT2D eigenvalue weighted by Gasteiger charge is 2.24. The van der Waals surface area contributed by atoms with Crippen LogP contribution in [-0.2, 0) is 15.8 Å². The topological polar surface area (TPSA) is 108 Å². The molecule has 3 aromatic rings. The number of benzene rings is 1. The SMILES string of the molecule is CSc1nccc(-c2cccnc2Oc2cc(F)c(CS(N)(=O)=O)c(F)c2F)n1. The first-order chi connectivity index (χ1) is 13.7. The van der Waals surface area contributed by atoms with Crippen LogP contribution in [0.15, 0.2) is 41.8 Å². The van der Waals surface area contributed by atoms with Gasteiger partial charge in [-0.05, 0) is 24.5 Å². The van der Waals surface area contributed by atoms with Crippen molar-refractivity contribution >= 4 is 21.8 Å². The van der Waals surface area contributed by atoms with Gasteiger partial charge in [0.05, 0.1) is 17.0 Å². The van der Waals surface area contributed by atoms with E-state index in [-0.39, 0.29) is 5.88 Å². The van der Waals surface area contributed by atoms with Crippen LogP contribution in [0, 0.1) is 17.5 Å². The number of halogens is 3. The van der Waals surface area contributed by atoms with Crippen molar-refractivity contribution in [3.63, 3.8) is 0 Å². The second-order valence-corrected chi connectivity index (χ2v) is 8.04. The minimum Gasteiger partial charge on any atom is -0.435 e. The summed E-state index contributed by atoms with van der Waals surface area (Å²) in [7, 11) is -4.28. The summed E-state index contributed by atoms with van der Waals surface area (Å²) in [6.45, 7) is 0. The maximum Gasteiger partial charge on any atom is 0.228 e. The summed E-state index contributed by atoms with van der Waals surface area (Å²) in [5.74, 6) is -6.77. The van der Waals surface area contributed by atoms with Gasteiger partial charge in [0.15, 0.2) is 16.7 Å². The predicted molar refractivity (Wildman–Crippen MR) is 100 cm³/mol. The first kappa shape index (κ1) is 21.0. The van der Waals surface area contributed by atoms with Gasteiger partial charge >= 0.3 is 0 Å². The summed E-state index contributed by atoms with van der Waals surface area (Å²) in [6, 6.07) is 5.26. The van der Waals surface area contributed by atoms with Gasteiger partial charge < -0.3 is 4.74 Å². The van der Waals surface area contributed by atoms with Gasteiger partial charge in [-0.1, -0.05) is 11.8 Å². The number of hydrogen-bond donors (Lipinski definition) is 1. The Morgan fingerprint density at radius 1 is 1.14 bits per heavy atom. The zero-order valence-electron chi connectivity index (χ0n) is 14.8. The molecule has 0 saturated carbocycles. The quantitative estimate of drug-likeness (QED) is 0.355. The fourth-order valence-corrected chi connectivity index (χ4v) is 3.40. The molecule has 0 fully saturated rings. The van der Waals surface area contributed by atoms with E-state index in [0.29, 0.717) is 22.5 Å². The molecule has 0 aliphatic carbocycles. The average molecular weight is 442 g/mol. The molecular formula is C17H13F3N4O3S2. The molecule has 0 bridgehead atoms. The fourth-order valence-electron chi connectivity index (χ4n) is 2.38.